The van der Waals surface area contributed by atoms with Crippen LogP contribution in [0.1, 0.15) is 0 Å². The molecule has 0 radical (unpaired) electrons. The maximum absolute atomic E-state index is 4.43. The fourth-order valence-corrected chi connectivity index (χ4v) is 2.00. The molecule has 0 amide bonds. The molecular formula is C10H12Br2N8. The van der Waals surface area contributed by atoms with Gasteiger partial charge in [-0.05, 0) is 31.9 Å². The van der Waals surface area contributed by atoms with Crippen LogP contribution in [0.3, 0.4) is 0 Å². The molecule has 0 aliphatic heterocycles. The minimum Gasteiger partial charge on any atom is -0.346 e. The summed E-state index contributed by atoms with van der Waals surface area (Å²) in [6.45, 7) is 0. The van der Waals surface area contributed by atoms with Crippen LogP contribution in [-0.4, -0.2) is 58.6 Å². The van der Waals surface area contributed by atoms with E-state index in [1.54, 1.807) is 9.80 Å². The van der Waals surface area contributed by atoms with Crippen molar-refractivity contribution in [1.82, 2.24) is 30.4 Å². The Morgan fingerprint density at radius 1 is 0.650 bits per heavy atom. The molecule has 2 aromatic rings. The van der Waals surface area contributed by atoms with E-state index in [-0.39, 0.29) is 0 Å². The van der Waals surface area contributed by atoms with E-state index in [9.17, 15) is 0 Å². The van der Waals surface area contributed by atoms with Gasteiger partial charge in [0.15, 0.2) is 9.21 Å². The summed E-state index contributed by atoms with van der Waals surface area (Å²) in [6, 6.07) is 0. The smallest absolute Gasteiger partial charge is 0.245 e. The van der Waals surface area contributed by atoms with E-state index in [4.69, 9.17) is 0 Å². The van der Waals surface area contributed by atoms with Crippen LogP contribution in [0, 0.1) is 0 Å². The van der Waals surface area contributed by atoms with E-state index in [1.807, 2.05) is 28.2 Å². The summed E-state index contributed by atoms with van der Waals surface area (Å²) in [4.78, 5) is 12.4. The summed E-state index contributed by atoms with van der Waals surface area (Å²) in [5, 5.41) is 16.0. The Labute approximate surface area is 132 Å². The summed E-state index contributed by atoms with van der Waals surface area (Å²) in [7, 11) is 7.36. The highest BCUT2D eigenvalue weighted by Gasteiger charge is 2.17. The van der Waals surface area contributed by atoms with E-state index in [0.29, 0.717) is 32.5 Å². The number of hydrogen-bond acceptors (Lipinski definition) is 8. The lowest BCUT2D eigenvalue weighted by atomic mass is 10.3. The van der Waals surface area contributed by atoms with Gasteiger partial charge < -0.3 is 9.80 Å². The summed E-state index contributed by atoms with van der Waals surface area (Å²) in [5.74, 6) is 0.972. The third-order valence-corrected chi connectivity index (χ3v) is 3.36. The highest BCUT2D eigenvalue weighted by molar-refractivity contribution is 9.11. The highest BCUT2D eigenvalue weighted by Crippen LogP contribution is 2.29. The van der Waals surface area contributed by atoms with E-state index >= 15 is 0 Å². The van der Waals surface area contributed by atoms with Crippen molar-refractivity contribution in [2.75, 3.05) is 38.0 Å². The fourth-order valence-electron chi connectivity index (χ4n) is 1.29. The van der Waals surface area contributed by atoms with Crippen LogP contribution in [0.4, 0.5) is 11.9 Å². The Morgan fingerprint density at radius 2 is 1.00 bits per heavy atom. The second-order valence-corrected chi connectivity index (χ2v) is 5.79. The maximum atomic E-state index is 4.43. The first kappa shape index (κ1) is 15.0. The van der Waals surface area contributed by atoms with Crippen LogP contribution < -0.4 is 9.80 Å². The predicted molar refractivity (Wildman–Crippen MR) is 82.7 cm³/mol. The molecule has 0 saturated heterocycles. The van der Waals surface area contributed by atoms with Gasteiger partial charge in [0.2, 0.25) is 11.9 Å². The van der Waals surface area contributed by atoms with Gasteiger partial charge in [-0.25, -0.2) is 9.97 Å². The lowest BCUT2D eigenvalue weighted by Crippen LogP contribution is -2.16. The summed E-state index contributed by atoms with van der Waals surface area (Å²) >= 11 is 6.67. The van der Waals surface area contributed by atoms with Crippen molar-refractivity contribution in [1.29, 1.82) is 0 Å². The second kappa shape index (κ2) is 5.92. The average molecular weight is 404 g/mol. The van der Waals surface area contributed by atoms with Gasteiger partial charge in [0.25, 0.3) is 0 Å². The van der Waals surface area contributed by atoms with E-state index in [2.05, 4.69) is 62.2 Å². The topological polar surface area (TPSA) is 83.8 Å². The molecule has 8 nitrogen and oxygen atoms in total. The molecule has 0 atom stereocenters. The van der Waals surface area contributed by atoms with Crippen LogP contribution in [0.5, 0.6) is 0 Å². The summed E-state index contributed by atoms with van der Waals surface area (Å²) < 4.78 is 0.989. The molecule has 106 valence electrons. The normalized spacial score (nSPS) is 10.5. The van der Waals surface area contributed by atoms with E-state index in [0.717, 1.165) is 0 Å². The standard InChI is InChI=1S/C10H12Br2N8/c1-19(2)9-13-5(7(11)15-17-9)6-8(12)16-18-10(14-6)20(3)4/h1-4H3. The first-order valence-electron chi connectivity index (χ1n) is 5.55. The van der Waals surface area contributed by atoms with Gasteiger partial charge in [0, 0.05) is 28.2 Å². The van der Waals surface area contributed by atoms with Crippen molar-refractivity contribution in [2.24, 2.45) is 0 Å². The Kier molecular flexibility index (Phi) is 4.43. The number of nitrogens with zero attached hydrogens (tertiary/aromatic N) is 8. The van der Waals surface area contributed by atoms with E-state index in [1.165, 1.54) is 0 Å². The lowest BCUT2D eigenvalue weighted by Gasteiger charge is -2.13. The SMILES string of the molecule is CN(C)c1nnc(Br)c(-c2nc(N(C)C)nnc2Br)n1. The van der Waals surface area contributed by atoms with Crippen LogP contribution in [-0.2, 0) is 0 Å². The quantitative estimate of drug-likeness (QED) is 0.759. The molecule has 0 spiro atoms. The Hall–Kier alpha value is -1.42. The number of anilines is 2. The number of halogens is 2. The van der Waals surface area contributed by atoms with Crippen molar-refractivity contribution >= 4 is 43.8 Å². The molecule has 2 heterocycles. The molecule has 0 aliphatic rings. The van der Waals surface area contributed by atoms with Gasteiger partial charge in [-0.15, -0.1) is 20.4 Å². The van der Waals surface area contributed by atoms with Crippen molar-refractivity contribution in [3.63, 3.8) is 0 Å². The van der Waals surface area contributed by atoms with Gasteiger partial charge in [-0.1, -0.05) is 0 Å². The van der Waals surface area contributed by atoms with Gasteiger partial charge in [0.1, 0.15) is 11.4 Å². The number of aromatic nitrogens is 6. The molecule has 0 fully saturated rings. The Balaban J connectivity index is 2.61. The van der Waals surface area contributed by atoms with Crippen molar-refractivity contribution < 1.29 is 0 Å². The van der Waals surface area contributed by atoms with Crippen LogP contribution >= 0.6 is 31.9 Å². The summed E-state index contributed by atoms with van der Waals surface area (Å²) in [6.07, 6.45) is 0. The first-order chi connectivity index (χ1) is 9.40. The summed E-state index contributed by atoms with van der Waals surface area (Å²) in [5.41, 5.74) is 1.10. The first-order valence-corrected chi connectivity index (χ1v) is 7.14. The van der Waals surface area contributed by atoms with Gasteiger partial charge in [0.05, 0.1) is 0 Å². The minimum atomic E-state index is 0.486. The molecule has 0 saturated carbocycles. The minimum absolute atomic E-state index is 0.486. The fraction of sp³-hybridized carbons (Fsp3) is 0.400. The van der Waals surface area contributed by atoms with Gasteiger partial charge >= 0.3 is 0 Å². The third-order valence-electron chi connectivity index (χ3n) is 2.29. The van der Waals surface area contributed by atoms with Crippen molar-refractivity contribution in [3.8, 4) is 11.4 Å². The van der Waals surface area contributed by atoms with E-state index < -0.39 is 0 Å². The predicted octanol–water partition coefficient (Wildman–Crippen LogP) is 1.38. The van der Waals surface area contributed by atoms with Crippen LogP contribution in [0.15, 0.2) is 9.21 Å². The molecular weight excluding hydrogens is 392 g/mol. The Bertz CT molecular complexity index is 575. The zero-order valence-corrected chi connectivity index (χ0v) is 14.5. The lowest BCUT2D eigenvalue weighted by molar-refractivity contribution is 0.871. The largest absolute Gasteiger partial charge is 0.346 e. The molecule has 0 bridgehead atoms. The molecule has 2 rings (SSSR count). The molecule has 10 heteroatoms. The third kappa shape index (κ3) is 3.01. The molecule has 0 aliphatic carbocycles. The zero-order valence-electron chi connectivity index (χ0n) is 11.3. The zero-order chi connectivity index (χ0) is 14.9. The molecule has 20 heavy (non-hydrogen) atoms. The highest BCUT2D eigenvalue weighted by atomic mass is 79.9. The second-order valence-electron chi connectivity index (χ2n) is 4.29. The molecule has 2 aromatic heterocycles. The van der Waals surface area contributed by atoms with Gasteiger partial charge in [-0.3, -0.25) is 0 Å². The van der Waals surface area contributed by atoms with Crippen LogP contribution in [0.2, 0.25) is 0 Å². The Morgan fingerprint density at radius 3 is 1.30 bits per heavy atom. The number of hydrogen-bond donors (Lipinski definition) is 0. The molecule has 0 unspecified atom stereocenters. The monoisotopic (exact) mass is 402 g/mol. The molecule has 0 aromatic carbocycles. The van der Waals surface area contributed by atoms with Crippen molar-refractivity contribution in [3.05, 3.63) is 9.21 Å². The van der Waals surface area contributed by atoms with Crippen molar-refractivity contribution in [2.45, 2.75) is 0 Å². The molecule has 0 N–H and O–H groups in total. The van der Waals surface area contributed by atoms with Gasteiger partial charge in [-0.2, -0.15) is 0 Å². The average Bonchev–Trinajstić information content (AvgIpc) is 2.39. The number of rotatable bonds is 3. The maximum Gasteiger partial charge on any atom is 0.245 e. The van der Waals surface area contributed by atoms with Crippen LogP contribution in [0.25, 0.3) is 11.4 Å².